The van der Waals surface area contributed by atoms with E-state index >= 15 is 0 Å². The van der Waals surface area contributed by atoms with Gasteiger partial charge in [-0.15, -0.1) is 0 Å². The van der Waals surface area contributed by atoms with Gasteiger partial charge < -0.3 is 10.1 Å². The van der Waals surface area contributed by atoms with Crippen LogP contribution < -0.4 is 5.32 Å². The van der Waals surface area contributed by atoms with Crippen molar-refractivity contribution in [2.24, 2.45) is 0 Å². The van der Waals surface area contributed by atoms with Crippen LogP contribution >= 0.6 is 0 Å². The Morgan fingerprint density at radius 3 is 2.94 bits per heavy atom. The smallest absolute Gasteiger partial charge is 0.330 e. The molecule has 1 saturated heterocycles. The van der Waals surface area contributed by atoms with Crippen LogP contribution in [0.25, 0.3) is 0 Å². The Balaban J connectivity index is 2.21. The maximum absolute atomic E-state index is 11.0. The predicted molar refractivity (Wildman–Crippen MR) is 64.4 cm³/mol. The van der Waals surface area contributed by atoms with E-state index in [-0.39, 0.29) is 17.9 Å². The zero-order valence-electron chi connectivity index (χ0n) is 10.4. The molecule has 1 N–H and O–H groups in total. The summed E-state index contributed by atoms with van der Waals surface area (Å²) in [7, 11) is 0. The zero-order chi connectivity index (χ0) is 12.7. The molecule has 1 aliphatic heterocycles. The van der Waals surface area contributed by atoms with Gasteiger partial charge in [0, 0.05) is 38.7 Å². The van der Waals surface area contributed by atoms with Crippen molar-refractivity contribution in [3.63, 3.8) is 0 Å². The SMILES string of the molecule is CCOC(=O)/C=C/CN1CCC(NC(C)=O)C1. The maximum atomic E-state index is 11.0. The van der Waals surface area contributed by atoms with E-state index in [0.717, 1.165) is 26.1 Å². The third-order valence-electron chi connectivity index (χ3n) is 2.58. The molecule has 0 aromatic carbocycles. The molecule has 0 bridgehead atoms. The first kappa shape index (κ1) is 13.7. The summed E-state index contributed by atoms with van der Waals surface area (Å²) in [4.78, 5) is 24.1. The van der Waals surface area contributed by atoms with Gasteiger partial charge in [0.25, 0.3) is 0 Å². The monoisotopic (exact) mass is 240 g/mol. The number of esters is 1. The Bertz CT molecular complexity index is 302. The second kappa shape index (κ2) is 7.06. The number of carbonyl (C=O) groups excluding carboxylic acids is 2. The van der Waals surface area contributed by atoms with Crippen LogP contribution in [0.3, 0.4) is 0 Å². The molecular formula is C12H20N2O3. The van der Waals surface area contributed by atoms with Crippen molar-refractivity contribution >= 4 is 11.9 Å². The number of nitrogens with zero attached hydrogens (tertiary/aromatic N) is 1. The Morgan fingerprint density at radius 1 is 1.53 bits per heavy atom. The molecule has 5 nitrogen and oxygen atoms in total. The average molecular weight is 240 g/mol. The molecule has 5 heteroatoms. The summed E-state index contributed by atoms with van der Waals surface area (Å²) in [6, 6.07) is 0.239. The summed E-state index contributed by atoms with van der Waals surface area (Å²) in [6.45, 7) is 6.21. The fourth-order valence-electron chi connectivity index (χ4n) is 1.89. The van der Waals surface area contributed by atoms with Gasteiger partial charge in [-0.3, -0.25) is 9.69 Å². The molecule has 0 spiro atoms. The van der Waals surface area contributed by atoms with Gasteiger partial charge in [0.15, 0.2) is 0 Å². The predicted octanol–water partition coefficient (Wildman–Crippen LogP) is 0.316. The van der Waals surface area contributed by atoms with Crippen LogP contribution in [0.4, 0.5) is 0 Å². The highest BCUT2D eigenvalue weighted by atomic mass is 16.5. The second-order valence-corrected chi connectivity index (χ2v) is 4.10. The lowest BCUT2D eigenvalue weighted by Gasteiger charge is -2.13. The van der Waals surface area contributed by atoms with Gasteiger partial charge in [-0.1, -0.05) is 6.08 Å². The molecule has 1 heterocycles. The summed E-state index contributed by atoms with van der Waals surface area (Å²) >= 11 is 0. The minimum Gasteiger partial charge on any atom is -0.463 e. The van der Waals surface area contributed by atoms with Crippen molar-refractivity contribution in [3.05, 3.63) is 12.2 Å². The largest absolute Gasteiger partial charge is 0.463 e. The third-order valence-corrected chi connectivity index (χ3v) is 2.58. The van der Waals surface area contributed by atoms with Crippen LogP contribution in [-0.2, 0) is 14.3 Å². The Morgan fingerprint density at radius 2 is 2.29 bits per heavy atom. The van der Waals surface area contributed by atoms with Crippen LogP contribution in [0.1, 0.15) is 20.3 Å². The van der Waals surface area contributed by atoms with E-state index in [9.17, 15) is 9.59 Å². The van der Waals surface area contributed by atoms with Gasteiger partial charge in [0.1, 0.15) is 0 Å². The molecule has 1 aliphatic rings. The minimum absolute atomic E-state index is 0.0129. The van der Waals surface area contributed by atoms with Gasteiger partial charge in [-0.05, 0) is 13.3 Å². The molecule has 0 aromatic rings. The highest BCUT2D eigenvalue weighted by Gasteiger charge is 2.21. The minimum atomic E-state index is -0.301. The molecule has 0 saturated carbocycles. The first-order chi connectivity index (χ1) is 8.11. The highest BCUT2D eigenvalue weighted by Crippen LogP contribution is 2.08. The normalized spacial score (nSPS) is 20.7. The summed E-state index contributed by atoms with van der Waals surface area (Å²) in [6.07, 6.45) is 4.22. The number of hydrogen-bond acceptors (Lipinski definition) is 4. The summed E-state index contributed by atoms with van der Waals surface area (Å²) in [5, 5.41) is 2.89. The van der Waals surface area contributed by atoms with E-state index in [1.807, 2.05) is 0 Å². The second-order valence-electron chi connectivity index (χ2n) is 4.10. The van der Waals surface area contributed by atoms with Crippen LogP contribution in [0.5, 0.6) is 0 Å². The number of carbonyl (C=O) groups is 2. The number of nitrogens with one attached hydrogen (secondary N) is 1. The molecule has 17 heavy (non-hydrogen) atoms. The van der Waals surface area contributed by atoms with Crippen molar-refractivity contribution in [2.45, 2.75) is 26.3 Å². The number of rotatable bonds is 5. The Hall–Kier alpha value is -1.36. The van der Waals surface area contributed by atoms with Crippen molar-refractivity contribution in [3.8, 4) is 0 Å². The molecule has 1 fully saturated rings. The fraction of sp³-hybridized carbons (Fsp3) is 0.667. The molecule has 0 aliphatic carbocycles. The molecule has 96 valence electrons. The average Bonchev–Trinajstić information content (AvgIpc) is 2.65. The lowest BCUT2D eigenvalue weighted by Crippen LogP contribution is -2.35. The van der Waals surface area contributed by atoms with E-state index in [2.05, 4.69) is 10.2 Å². The summed E-state index contributed by atoms with van der Waals surface area (Å²) < 4.78 is 4.78. The van der Waals surface area contributed by atoms with E-state index < -0.39 is 0 Å². The number of ether oxygens (including phenoxy) is 1. The van der Waals surface area contributed by atoms with Crippen molar-refractivity contribution in [2.75, 3.05) is 26.2 Å². The van der Waals surface area contributed by atoms with E-state index in [0.29, 0.717) is 6.61 Å². The Labute approximate surface area is 102 Å². The zero-order valence-corrected chi connectivity index (χ0v) is 10.4. The van der Waals surface area contributed by atoms with Crippen molar-refractivity contribution in [1.29, 1.82) is 0 Å². The first-order valence-corrected chi connectivity index (χ1v) is 5.94. The molecule has 1 amide bonds. The molecule has 1 unspecified atom stereocenters. The van der Waals surface area contributed by atoms with Gasteiger partial charge in [-0.25, -0.2) is 4.79 Å². The molecule has 1 atom stereocenters. The van der Waals surface area contributed by atoms with Gasteiger partial charge in [-0.2, -0.15) is 0 Å². The lowest BCUT2D eigenvalue weighted by atomic mass is 10.3. The van der Waals surface area contributed by atoms with Gasteiger partial charge in [0.2, 0.25) is 5.91 Å². The molecule has 0 aromatic heterocycles. The van der Waals surface area contributed by atoms with Crippen LogP contribution in [0.2, 0.25) is 0 Å². The summed E-state index contributed by atoms with van der Waals surface area (Å²) in [5.41, 5.74) is 0. The third kappa shape index (κ3) is 5.49. The first-order valence-electron chi connectivity index (χ1n) is 5.94. The number of amides is 1. The van der Waals surface area contributed by atoms with Crippen LogP contribution in [-0.4, -0.2) is 49.1 Å². The molecule has 1 rings (SSSR count). The lowest BCUT2D eigenvalue weighted by molar-refractivity contribution is -0.137. The maximum Gasteiger partial charge on any atom is 0.330 e. The van der Waals surface area contributed by atoms with Crippen LogP contribution in [0, 0.1) is 0 Å². The van der Waals surface area contributed by atoms with Crippen molar-refractivity contribution in [1.82, 2.24) is 10.2 Å². The van der Waals surface area contributed by atoms with E-state index in [1.54, 1.807) is 13.0 Å². The Kier molecular flexibility index (Phi) is 5.69. The van der Waals surface area contributed by atoms with E-state index in [1.165, 1.54) is 13.0 Å². The van der Waals surface area contributed by atoms with Crippen LogP contribution in [0.15, 0.2) is 12.2 Å². The fourth-order valence-corrected chi connectivity index (χ4v) is 1.89. The summed E-state index contributed by atoms with van der Waals surface area (Å²) in [5.74, 6) is -0.288. The van der Waals surface area contributed by atoms with E-state index in [4.69, 9.17) is 4.74 Å². The number of hydrogen-bond donors (Lipinski definition) is 1. The molecular weight excluding hydrogens is 220 g/mol. The molecule has 0 radical (unpaired) electrons. The highest BCUT2D eigenvalue weighted by molar-refractivity contribution is 5.81. The topological polar surface area (TPSA) is 58.6 Å². The van der Waals surface area contributed by atoms with Crippen molar-refractivity contribution < 1.29 is 14.3 Å². The van der Waals surface area contributed by atoms with Gasteiger partial charge in [0.05, 0.1) is 6.61 Å². The number of likely N-dealkylation sites (tertiary alicyclic amines) is 1. The van der Waals surface area contributed by atoms with Gasteiger partial charge >= 0.3 is 5.97 Å². The standard InChI is InChI=1S/C12H20N2O3/c1-3-17-12(16)5-4-7-14-8-6-11(9-14)13-10(2)15/h4-5,11H,3,6-9H2,1-2H3,(H,13,15)/b5-4+. The quantitative estimate of drug-likeness (QED) is 0.555.